The fourth-order valence-corrected chi connectivity index (χ4v) is 9.07. The molecule has 0 amide bonds. The normalized spacial score (nSPS) is 12.2. The van der Waals surface area contributed by atoms with Crippen LogP contribution >= 0.6 is 32.6 Å². The van der Waals surface area contributed by atoms with E-state index in [-0.39, 0.29) is 72.0 Å². The van der Waals surface area contributed by atoms with Gasteiger partial charge >= 0.3 is 38.5 Å². The standard InChI is InChI=1S/C32H47N7O12P4/c1-5-48-54(44,49-6-2)25-37(26-55(45,50-7-3)51-8-4)22-29-16-18-39(35-29)31-20-27(13-11-9-10-12-14-32(40)41)19-30(33-31)38-17-15-28(34-38)21-36(23-46-52-42)24-47-53-43/h15-20H,5-10,12,14,21-26H2,1-4H3,(H,40,41). The van der Waals surface area contributed by atoms with Gasteiger partial charge in [0.15, 0.2) is 11.6 Å². The van der Waals surface area contributed by atoms with E-state index in [1.807, 2.05) is 0 Å². The van der Waals surface area contributed by atoms with Crippen molar-refractivity contribution in [1.82, 2.24) is 34.3 Å². The number of carboxylic acids is 1. The molecule has 0 atom stereocenters. The van der Waals surface area contributed by atoms with Crippen LogP contribution in [0.1, 0.15) is 70.3 Å². The highest BCUT2D eigenvalue weighted by Gasteiger charge is 2.34. The molecule has 55 heavy (non-hydrogen) atoms. The number of unbranched alkanes of at least 4 members (excludes halogenated alkanes) is 2. The molecule has 0 radical (unpaired) electrons. The van der Waals surface area contributed by atoms with Crippen molar-refractivity contribution >= 4 is 38.5 Å². The molecule has 23 heteroatoms. The minimum atomic E-state index is -3.63. The van der Waals surface area contributed by atoms with Gasteiger partial charge < -0.3 is 23.2 Å². The third-order valence-electron chi connectivity index (χ3n) is 7.14. The number of pyridine rings is 1. The van der Waals surface area contributed by atoms with E-state index in [4.69, 9.17) is 42.3 Å². The van der Waals surface area contributed by atoms with E-state index < -0.39 is 38.5 Å². The third-order valence-corrected chi connectivity index (χ3v) is 11.7. The number of aliphatic carboxylic acids is 1. The summed E-state index contributed by atoms with van der Waals surface area (Å²) in [4.78, 5) is 18.9. The van der Waals surface area contributed by atoms with E-state index >= 15 is 0 Å². The summed E-state index contributed by atoms with van der Waals surface area (Å²) in [5, 5.41) is 18.3. The number of nitrogens with zero attached hydrogens (tertiary/aromatic N) is 7. The Bertz CT molecular complexity index is 1770. The molecule has 0 bridgehead atoms. The van der Waals surface area contributed by atoms with Crippen molar-refractivity contribution in [3.8, 4) is 23.5 Å². The molecule has 0 saturated heterocycles. The van der Waals surface area contributed by atoms with Crippen LogP contribution < -0.4 is 0 Å². The van der Waals surface area contributed by atoms with Gasteiger partial charge in [-0.05, 0) is 64.8 Å². The second-order valence-electron chi connectivity index (χ2n) is 11.5. The largest absolute Gasteiger partial charge is 0.481 e. The summed E-state index contributed by atoms with van der Waals surface area (Å²) in [5.41, 5.74) is 1.67. The molecule has 1 N–H and O–H groups in total. The van der Waals surface area contributed by atoms with Crippen molar-refractivity contribution in [3.63, 3.8) is 0 Å². The Kier molecular flexibility index (Phi) is 20.7. The van der Waals surface area contributed by atoms with Crippen LogP contribution in [0, 0.1) is 11.8 Å². The van der Waals surface area contributed by atoms with Crippen molar-refractivity contribution in [2.24, 2.45) is 0 Å². The van der Waals surface area contributed by atoms with E-state index in [2.05, 4.69) is 16.9 Å². The highest BCUT2D eigenvalue weighted by molar-refractivity contribution is 7.54. The summed E-state index contributed by atoms with van der Waals surface area (Å²) >= 11 is 0. The van der Waals surface area contributed by atoms with Gasteiger partial charge in [0.25, 0.3) is 0 Å². The summed E-state index contributed by atoms with van der Waals surface area (Å²) in [6, 6.07) is 6.96. The predicted octanol–water partition coefficient (Wildman–Crippen LogP) is 6.86. The Labute approximate surface area is 323 Å². The zero-order chi connectivity index (χ0) is 40.1. The van der Waals surface area contributed by atoms with Crippen LogP contribution in [-0.4, -0.2) is 97.9 Å². The first kappa shape index (κ1) is 46.3. The van der Waals surface area contributed by atoms with Crippen molar-refractivity contribution < 1.29 is 55.3 Å². The van der Waals surface area contributed by atoms with Gasteiger partial charge in [-0.1, -0.05) is 11.8 Å². The number of rotatable bonds is 28. The van der Waals surface area contributed by atoms with E-state index in [0.29, 0.717) is 47.8 Å². The fraction of sp³-hybridized carbons (Fsp3) is 0.562. The Morgan fingerprint density at radius 2 is 1.25 bits per heavy atom. The highest BCUT2D eigenvalue weighted by atomic mass is 31.2. The van der Waals surface area contributed by atoms with Crippen LogP contribution in [0.15, 0.2) is 36.7 Å². The Hall–Kier alpha value is -3.06. The van der Waals surface area contributed by atoms with E-state index in [1.165, 1.54) is 4.68 Å². The molecule has 0 aromatic carbocycles. The molecule has 19 nitrogen and oxygen atoms in total. The van der Waals surface area contributed by atoms with Gasteiger partial charge in [0.2, 0.25) is 0 Å². The van der Waals surface area contributed by atoms with E-state index in [9.17, 15) is 23.1 Å². The number of aromatic nitrogens is 5. The zero-order valence-corrected chi connectivity index (χ0v) is 34.8. The van der Waals surface area contributed by atoms with Crippen LogP contribution in [0.5, 0.6) is 0 Å². The number of carbonyl (C=O) groups is 1. The minimum absolute atomic E-state index is 0.0677. The molecule has 3 rings (SSSR count). The Morgan fingerprint density at radius 3 is 1.69 bits per heavy atom. The molecule has 3 aromatic heterocycles. The van der Waals surface area contributed by atoms with Gasteiger partial charge in [0.1, 0.15) is 26.0 Å². The lowest BCUT2D eigenvalue weighted by Gasteiger charge is -2.29. The second-order valence-corrected chi connectivity index (χ2v) is 16.3. The van der Waals surface area contributed by atoms with Crippen LogP contribution in [0.3, 0.4) is 0 Å². The summed E-state index contributed by atoms with van der Waals surface area (Å²) in [6.07, 6.45) is 4.66. The maximum Gasteiger partial charge on any atom is 0.344 e. The van der Waals surface area contributed by atoms with Crippen molar-refractivity contribution in [2.75, 3.05) is 52.5 Å². The summed E-state index contributed by atoms with van der Waals surface area (Å²) in [6.45, 7) is 7.54. The van der Waals surface area contributed by atoms with Gasteiger partial charge in [-0.15, -0.1) is 0 Å². The lowest BCUT2D eigenvalue weighted by atomic mass is 10.2. The minimum Gasteiger partial charge on any atom is -0.481 e. The predicted molar refractivity (Wildman–Crippen MR) is 201 cm³/mol. The van der Waals surface area contributed by atoms with Crippen molar-refractivity contribution in [2.45, 2.75) is 66.5 Å². The molecule has 302 valence electrons. The topological polar surface area (TPSA) is 216 Å². The first-order valence-corrected chi connectivity index (χ1v) is 22.3. The third kappa shape index (κ3) is 16.5. The molecule has 3 aromatic rings. The number of hydrogen-bond acceptors (Lipinski definition) is 16. The number of hydrogen-bond donors (Lipinski definition) is 1. The highest BCUT2D eigenvalue weighted by Crippen LogP contribution is 2.53. The molecule has 0 aliphatic carbocycles. The maximum absolute atomic E-state index is 13.6. The second kappa shape index (κ2) is 24.5. The van der Waals surface area contributed by atoms with Crippen LogP contribution in [-0.2, 0) is 63.3 Å². The van der Waals surface area contributed by atoms with Crippen LogP contribution in [0.2, 0.25) is 0 Å². The Morgan fingerprint density at radius 1 is 0.782 bits per heavy atom. The monoisotopic (exact) mass is 845 g/mol. The molecule has 0 unspecified atom stereocenters. The van der Waals surface area contributed by atoms with E-state index in [0.717, 1.165) is 0 Å². The molecule has 0 aliphatic rings. The SMILES string of the molecule is CCOP(=O)(CN(Cc1ccn(-c2cc(C#CCCCCC(=O)O)cc(-n3ccc(CN(COP=O)COP=O)n3)n2)n1)CP(=O)(OCC)OCC)OCC. The molecular weight excluding hydrogens is 798 g/mol. The quantitative estimate of drug-likeness (QED) is 0.0342. The van der Waals surface area contributed by atoms with Gasteiger partial charge in [-0.3, -0.25) is 27.9 Å². The summed E-state index contributed by atoms with van der Waals surface area (Å²) in [7, 11) is -8.30. The summed E-state index contributed by atoms with van der Waals surface area (Å²) < 4.78 is 84.0. The summed E-state index contributed by atoms with van der Waals surface area (Å²) in [5.74, 6) is 6.16. The molecule has 0 saturated carbocycles. The molecular formula is C32H47N7O12P4. The molecule has 0 fully saturated rings. The van der Waals surface area contributed by atoms with Crippen LogP contribution in [0.25, 0.3) is 11.6 Å². The average Bonchev–Trinajstić information content (AvgIpc) is 3.81. The molecule has 0 aliphatic heterocycles. The van der Waals surface area contributed by atoms with Crippen LogP contribution in [0.4, 0.5) is 0 Å². The first-order chi connectivity index (χ1) is 26.5. The van der Waals surface area contributed by atoms with Crippen molar-refractivity contribution in [3.05, 3.63) is 53.6 Å². The molecule has 3 heterocycles. The zero-order valence-electron chi connectivity index (χ0n) is 31.2. The van der Waals surface area contributed by atoms with Gasteiger partial charge in [0, 0.05) is 43.9 Å². The van der Waals surface area contributed by atoms with Gasteiger partial charge in [-0.2, -0.15) is 10.2 Å². The van der Waals surface area contributed by atoms with Gasteiger partial charge in [0.05, 0.1) is 37.8 Å². The average molecular weight is 846 g/mol. The smallest absolute Gasteiger partial charge is 0.344 e. The fourth-order valence-electron chi connectivity index (χ4n) is 5.07. The molecule has 0 spiro atoms. The first-order valence-electron chi connectivity index (χ1n) is 17.4. The van der Waals surface area contributed by atoms with Crippen molar-refractivity contribution in [1.29, 1.82) is 0 Å². The van der Waals surface area contributed by atoms with Gasteiger partial charge in [-0.25, -0.2) is 28.4 Å². The Balaban J connectivity index is 1.98. The maximum atomic E-state index is 13.6. The lowest BCUT2D eigenvalue weighted by Crippen LogP contribution is -2.28. The van der Waals surface area contributed by atoms with E-state index in [1.54, 1.807) is 78.8 Å². The lowest BCUT2D eigenvalue weighted by molar-refractivity contribution is -0.137. The number of carboxylic acid groups (broad SMARTS) is 1.